The van der Waals surface area contributed by atoms with Gasteiger partial charge in [-0.05, 0) is 52.6 Å². The summed E-state index contributed by atoms with van der Waals surface area (Å²) >= 11 is 0. The van der Waals surface area contributed by atoms with E-state index in [9.17, 15) is 4.79 Å². The van der Waals surface area contributed by atoms with Crippen molar-refractivity contribution in [2.75, 3.05) is 20.1 Å². The molecule has 0 saturated carbocycles. The van der Waals surface area contributed by atoms with Gasteiger partial charge in [0.1, 0.15) is 5.54 Å². The molecule has 0 bridgehead atoms. The molecule has 4 heteroatoms. The summed E-state index contributed by atoms with van der Waals surface area (Å²) in [5.41, 5.74) is -0.783. The highest BCUT2D eigenvalue weighted by Crippen LogP contribution is 2.23. The minimum Gasteiger partial charge on any atom is -0.480 e. The van der Waals surface area contributed by atoms with Crippen LogP contribution in [-0.2, 0) is 4.79 Å². The summed E-state index contributed by atoms with van der Waals surface area (Å²) in [5.74, 6) is 0.0167. The van der Waals surface area contributed by atoms with E-state index < -0.39 is 11.5 Å². The fourth-order valence-electron chi connectivity index (χ4n) is 2.67. The Morgan fingerprint density at radius 3 is 2.59 bits per heavy atom. The van der Waals surface area contributed by atoms with Crippen LogP contribution < -0.4 is 5.32 Å². The molecule has 2 N–H and O–H groups in total. The van der Waals surface area contributed by atoms with Gasteiger partial charge in [-0.25, -0.2) is 0 Å². The first-order valence-electron chi connectivity index (χ1n) is 6.55. The van der Waals surface area contributed by atoms with Crippen molar-refractivity contribution in [3.05, 3.63) is 0 Å². The van der Waals surface area contributed by atoms with Crippen LogP contribution in [0.5, 0.6) is 0 Å². The Hall–Kier alpha value is -0.610. The van der Waals surface area contributed by atoms with Crippen LogP contribution in [0.4, 0.5) is 0 Å². The molecule has 0 aromatic rings. The molecule has 0 spiro atoms. The second kappa shape index (κ2) is 5.83. The summed E-state index contributed by atoms with van der Waals surface area (Å²) < 4.78 is 0. The lowest BCUT2D eigenvalue weighted by Crippen LogP contribution is -2.48. The van der Waals surface area contributed by atoms with Gasteiger partial charge in [0.15, 0.2) is 0 Å². The standard InChI is InChI=1S/C13H26N2O2/c1-10-8-11(2)15(9-10)7-5-6-13(3,14-4)12(16)17/h10-11,14H,5-9H2,1-4H3,(H,16,17). The quantitative estimate of drug-likeness (QED) is 0.742. The normalized spacial score (nSPS) is 29.2. The minimum atomic E-state index is -0.783. The van der Waals surface area contributed by atoms with Gasteiger partial charge in [0.2, 0.25) is 0 Å². The van der Waals surface area contributed by atoms with Gasteiger partial charge in [0, 0.05) is 12.6 Å². The van der Waals surface area contributed by atoms with Gasteiger partial charge in [-0.2, -0.15) is 0 Å². The van der Waals surface area contributed by atoms with Gasteiger partial charge >= 0.3 is 5.97 Å². The molecule has 17 heavy (non-hydrogen) atoms. The zero-order valence-electron chi connectivity index (χ0n) is 11.5. The molecule has 0 amide bonds. The lowest BCUT2D eigenvalue weighted by atomic mass is 9.96. The molecule has 3 unspecified atom stereocenters. The molecule has 0 aromatic carbocycles. The van der Waals surface area contributed by atoms with Crippen LogP contribution in [0.2, 0.25) is 0 Å². The third kappa shape index (κ3) is 3.68. The number of aliphatic carboxylic acids is 1. The summed E-state index contributed by atoms with van der Waals surface area (Å²) in [6, 6.07) is 0.649. The summed E-state index contributed by atoms with van der Waals surface area (Å²) in [4.78, 5) is 13.6. The Morgan fingerprint density at radius 1 is 1.53 bits per heavy atom. The maximum Gasteiger partial charge on any atom is 0.323 e. The predicted octanol–water partition coefficient (Wildman–Crippen LogP) is 1.56. The molecular weight excluding hydrogens is 216 g/mol. The molecule has 100 valence electrons. The highest BCUT2D eigenvalue weighted by atomic mass is 16.4. The molecule has 1 saturated heterocycles. The minimum absolute atomic E-state index is 0.649. The lowest BCUT2D eigenvalue weighted by molar-refractivity contribution is -0.144. The summed E-state index contributed by atoms with van der Waals surface area (Å²) in [6.07, 6.45) is 2.87. The molecule has 3 atom stereocenters. The zero-order valence-corrected chi connectivity index (χ0v) is 11.5. The van der Waals surface area contributed by atoms with Crippen LogP contribution in [-0.4, -0.2) is 47.7 Å². The van der Waals surface area contributed by atoms with Crippen molar-refractivity contribution in [2.45, 2.75) is 51.6 Å². The molecule has 1 heterocycles. The Morgan fingerprint density at radius 2 is 2.18 bits per heavy atom. The summed E-state index contributed by atoms with van der Waals surface area (Å²) in [6.45, 7) is 8.47. The van der Waals surface area contributed by atoms with Crippen molar-refractivity contribution in [2.24, 2.45) is 5.92 Å². The summed E-state index contributed by atoms with van der Waals surface area (Å²) in [7, 11) is 1.72. The van der Waals surface area contributed by atoms with Crippen molar-refractivity contribution in [1.82, 2.24) is 10.2 Å². The van der Waals surface area contributed by atoms with Gasteiger partial charge < -0.3 is 15.3 Å². The number of hydrogen-bond donors (Lipinski definition) is 2. The molecular formula is C13H26N2O2. The lowest BCUT2D eigenvalue weighted by Gasteiger charge is -2.26. The van der Waals surface area contributed by atoms with Crippen molar-refractivity contribution < 1.29 is 9.90 Å². The van der Waals surface area contributed by atoms with Gasteiger partial charge in [-0.15, -0.1) is 0 Å². The number of nitrogens with one attached hydrogen (secondary N) is 1. The Labute approximate surface area is 104 Å². The van der Waals surface area contributed by atoms with Crippen LogP contribution in [0.25, 0.3) is 0 Å². The second-order valence-electron chi connectivity index (χ2n) is 5.68. The number of likely N-dealkylation sites (N-methyl/N-ethyl adjacent to an activating group) is 1. The average Bonchev–Trinajstić information content (AvgIpc) is 2.57. The van der Waals surface area contributed by atoms with E-state index >= 15 is 0 Å². The Kier molecular flexibility index (Phi) is 4.95. The van der Waals surface area contributed by atoms with E-state index in [1.165, 1.54) is 6.42 Å². The van der Waals surface area contributed by atoms with Gasteiger partial charge in [0.05, 0.1) is 0 Å². The van der Waals surface area contributed by atoms with Crippen LogP contribution in [0.1, 0.15) is 40.0 Å². The zero-order chi connectivity index (χ0) is 13.1. The van der Waals surface area contributed by atoms with E-state index in [0.29, 0.717) is 12.5 Å². The van der Waals surface area contributed by atoms with Crippen LogP contribution >= 0.6 is 0 Å². The molecule has 4 nitrogen and oxygen atoms in total. The monoisotopic (exact) mass is 242 g/mol. The van der Waals surface area contributed by atoms with Crippen molar-refractivity contribution in [3.8, 4) is 0 Å². The molecule has 0 aromatic heterocycles. The van der Waals surface area contributed by atoms with Gasteiger partial charge in [0.25, 0.3) is 0 Å². The van der Waals surface area contributed by atoms with Crippen molar-refractivity contribution >= 4 is 5.97 Å². The fourth-order valence-corrected chi connectivity index (χ4v) is 2.67. The Balaban J connectivity index is 2.34. The molecule has 0 aliphatic carbocycles. The topological polar surface area (TPSA) is 52.6 Å². The number of likely N-dealkylation sites (tertiary alicyclic amines) is 1. The average molecular weight is 242 g/mol. The third-order valence-corrected chi connectivity index (χ3v) is 4.06. The fraction of sp³-hybridized carbons (Fsp3) is 0.923. The third-order valence-electron chi connectivity index (χ3n) is 4.06. The molecule has 0 radical (unpaired) electrons. The van der Waals surface area contributed by atoms with E-state index in [-0.39, 0.29) is 0 Å². The number of carbonyl (C=O) groups is 1. The molecule has 1 rings (SSSR count). The first-order chi connectivity index (χ1) is 7.89. The number of rotatable bonds is 6. The van der Waals surface area contributed by atoms with Crippen LogP contribution in [0, 0.1) is 5.92 Å². The molecule has 1 aliphatic heterocycles. The van der Waals surface area contributed by atoms with Crippen LogP contribution in [0.15, 0.2) is 0 Å². The first-order valence-corrected chi connectivity index (χ1v) is 6.55. The highest BCUT2D eigenvalue weighted by Gasteiger charge is 2.31. The van der Waals surface area contributed by atoms with Crippen molar-refractivity contribution in [1.29, 1.82) is 0 Å². The number of nitrogens with zero attached hydrogens (tertiary/aromatic N) is 1. The largest absolute Gasteiger partial charge is 0.480 e. The van der Waals surface area contributed by atoms with Gasteiger partial charge in [-0.1, -0.05) is 6.92 Å². The maximum absolute atomic E-state index is 11.1. The number of carboxylic acid groups (broad SMARTS) is 1. The smallest absolute Gasteiger partial charge is 0.323 e. The van der Waals surface area contributed by atoms with E-state index in [1.54, 1.807) is 14.0 Å². The number of carboxylic acids is 1. The molecule has 1 fully saturated rings. The molecule has 1 aliphatic rings. The Bertz CT molecular complexity index is 270. The summed E-state index contributed by atoms with van der Waals surface area (Å²) in [5, 5.41) is 12.0. The first kappa shape index (κ1) is 14.5. The maximum atomic E-state index is 11.1. The van der Waals surface area contributed by atoms with E-state index in [2.05, 4.69) is 24.1 Å². The second-order valence-corrected chi connectivity index (χ2v) is 5.68. The number of hydrogen-bond acceptors (Lipinski definition) is 3. The van der Waals surface area contributed by atoms with E-state index in [1.807, 2.05) is 0 Å². The van der Waals surface area contributed by atoms with Crippen LogP contribution in [0.3, 0.4) is 0 Å². The van der Waals surface area contributed by atoms with Gasteiger partial charge in [-0.3, -0.25) is 4.79 Å². The SMILES string of the molecule is CNC(C)(CCCN1CC(C)CC1C)C(=O)O. The van der Waals surface area contributed by atoms with E-state index in [4.69, 9.17) is 5.11 Å². The van der Waals surface area contributed by atoms with E-state index in [0.717, 1.165) is 25.4 Å². The van der Waals surface area contributed by atoms with Crippen molar-refractivity contribution in [3.63, 3.8) is 0 Å². The highest BCUT2D eigenvalue weighted by molar-refractivity contribution is 5.78. The predicted molar refractivity (Wildman–Crippen MR) is 69.2 cm³/mol.